The van der Waals surface area contributed by atoms with E-state index >= 15 is 0 Å². The molecule has 0 bridgehead atoms. The maximum absolute atomic E-state index is 12.9. The number of aromatic nitrogens is 2. The third-order valence-corrected chi connectivity index (χ3v) is 6.77. The molecule has 4 rings (SSSR count). The Hall–Kier alpha value is -2.21. The van der Waals surface area contributed by atoms with Crippen molar-refractivity contribution in [2.24, 2.45) is 0 Å². The van der Waals surface area contributed by atoms with Crippen molar-refractivity contribution >= 4 is 27.0 Å². The lowest BCUT2D eigenvalue weighted by Crippen LogP contribution is -2.55. The van der Waals surface area contributed by atoms with Crippen LogP contribution in [0.4, 0.5) is 0 Å². The van der Waals surface area contributed by atoms with Crippen LogP contribution < -0.4 is 11.0 Å². The highest BCUT2D eigenvalue weighted by molar-refractivity contribution is 7.89. The van der Waals surface area contributed by atoms with Crippen LogP contribution in [-0.4, -0.2) is 85.5 Å². The number of nitrogens with one attached hydrogen (secondary N) is 3. The van der Waals surface area contributed by atoms with Gasteiger partial charge in [-0.05, 0) is 18.2 Å². The summed E-state index contributed by atoms with van der Waals surface area (Å²) in [5.41, 5.74) is 0.610. The molecule has 146 valence electrons. The average Bonchev–Trinajstić information content (AvgIpc) is 3.07. The molecule has 2 saturated heterocycles. The number of amides is 1. The highest BCUT2D eigenvalue weighted by atomic mass is 32.2. The second kappa shape index (κ2) is 7.08. The number of ether oxygens (including phenoxy) is 1. The SMILES string of the molecule is O=C([C@H]1CNCCO1)N1CCN(S(=O)(=O)c2ccc3[nH]c(=O)[nH]c3c2)CC1. The molecule has 1 amide bonds. The smallest absolute Gasteiger partial charge is 0.323 e. The number of fused-ring (bicyclic) bond motifs is 1. The van der Waals surface area contributed by atoms with Crippen LogP contribution in [0.2, 0.25) is 0 Å². The van der Waals surface area contributed by atoms with Crippen molar-refractivity contribution in [2.75, 3.05) is 45.9 Å². The molecule has 2 aliphatic rings. The fourth-order valence-corrected chi connectivity index (χ4v) is 4.85. The highest BCUT2D eigenvalue weighted by Crippen LogP contribution is 2.21. The fourth-order valence-electron chi connectivity index (χ4n) is 3.40. The summed E-state index contributed by atoms with van der Waals surface area (Å²) in [7, 11) is -3.70. The molecular formula is C16H21N5O5S. The third kappa shape index (κ3) is 3.50. The van der Waals surface area contributed by atoms with Gasteiger partial charge in [-0.1, -0.05) is 0 Å². The molecule has 2 fully saturated rings. The lowest BCUT2D eigenvalue weighted by Gasteiger charge is -2.36. The molecule has 0 unspecified atom stereocenters. The summed E-state index contributed by atoms with van der Waals surface area (Å²) in [5.74, 6) is -0.106. The predicted octanol–water partition coefficient (Wildman–Crippen LogP) is -1.32. The zero-order valence-corrected chi connectivity index (χ0v) is 15.4. The van der Waals surface area contributed by atoms with Crippen LogP contribution in [0, 0.1) is 0 Å². The Bertz CT molecular complexity index is 1000. The Labute approximate surface area is 155 Å². The van der Waals surface area contributed by atoms with Gasteiger partial charge in [0, 0.05) is 39.3 Å². The van der Waals surface area contributed by atoms with E-state index in [0.717, 1.165) is 6.54 Å². The van der Waals surface area contributed by atoms with Gasteiger partial charge in [0.05, 0.1) is 22.5 Å². The van der Waals surface area contributed by atoms with E-state index in [0.29, 0.717) is 37.3 Å². The monoisotopic (exact) mass is 395 g/mol. The van der Waals surface area contributed by atoms with Gasteiger partial charge in [-0.2, -0.15) is 4.31 Å². The van der Waals surface area contributed by atoms with E-state index in [4.69, 9.17) is 4.74 Å². The van der Waals surface area contributed by atoms with Crippen LogP contribution in [0.15, 0.2) is 27.9 Å². The number of aromatic amines is 2. The number of nitrogens with zero attached hydrogens (tertiary/aromatic N) is 2. The molecule has 0 saturated carbocycles. The number of H-pyrrole nitrogens is 2. The molecule has 27 heavy (non-hydrogen) atoms. The lowest BCUT2D eigenvalue weighted by atomic mass is 10.2. The second-order valence-corrected chi connectivity index (χ2v) is 8.52. The second-order valence-electron chi connectivity index (χ2n) is 6.58. The number of hydrogen-bond donors (Lipinski definition) is 3. The van der Waals surface area contributed by atoms with Crippen molar-refractivity contribution < 1.29 is 17.9 Å². The summed E-state index contributed by atoms with van der Waals surface area (Å²) in [5, 5.41) is 3.12. The highest BCUT2D eigenvalue weighted by Gasteiger charge is 2.33. The van der Waals surface area contributed by atoms with Crippen molar-refractivity contribution in [3.8, 4) is 0 Å². The number of sulfonamides is 1. The van der Waals surface area contributed by atoms with Crippen molar-refractivity contribution in [3.63, 3.8) is 0 Å². The summed E-state index contributed by atoms with van der Waals surface area (Å²) < 4.78 is 32.6. The number of carbonyl (C=O) groups is 1. The maximum atomic E-state index is 12.9. The van der Waals surface area contributed by atoms with Gasteiger partial charge in [-0.3, -0.25) is 4.79 Å². The molecule has 0 aliphatic carbocycles. The number of carbonyl (C=O) groups excluding carboxylic acids is 1. The van der Waals surface area contributed by atoms with Gasteiger partial charge in [-0.25, -0.2) is 13.2 Å². The summed E-state index contributed by atoms with van der Waals surface area (Å²) in [6.07, 6.45) is -0.505. The van der Waals surface area contributed by atoms with E-state index in [9.17, 15) is 18.0 Å². The summed E-state index contributed by atoms with van der Waals surface area (Å²) in [6.45, 7) is 2.78. The Balaban J connectivity index is 1.45. The standard InChI is InChI=1S/C16H21N5O5S/c22-15(14-10-17-3-8-26-14)20-4-6-21(7-5-20)27(24,25)11-1-2-12-13(9-11)19-16(23)18-12/h1-2,9,14,17H,3-8,10H2,(H2,18,19,23)/t14-/m1/s1. The Morgan fingerprint density at radius 2 is 1.85 bits per heavy atom. The molecule has 2 aromatic rings. The molecule has 2 aliphatic heterocycles. The first kappa shape index (κ1) is 18.2. The van der Waals surface area contributed by atoms with Crippen LogP contribution in [0.25, 0.3) is 11.0 Å². The predicted molar refractivity (Wildman–Crippen MR) is 96.9 cm³/mol. The van der Waals surface area contributed by atoms with Gasteiger partial charge in [-0.15, -0.1) is 0 Å². The Morgan fingerprint density at radius 1 is 1.11 bits per heavy atom. The van der Waals surface area contributed by atoms with Crippen LogP contribution in [-0.2, 0) is 19.6 Å². The van der Waals surface area contributed by atoms with Gasteiger partial charge in [0.25, 0.3) is 5.91 Å². The van der Waals surface area contributed by atoms with Crippen molar-refractivity contribution in [1.82, 2.24) is 24.5 Å². The summed E-state index contributed by atoms with van der Waals surface area (Å²) in [6, 6.07) is 4.48. The van der Waals surface area contributed by atoms with E-state index in [2.05, 4.69) is 15.3 Å². The molecule has 3 heterocycles. The zero-order valence-electron chi connectivity index (χ0n) is 14.6. The topological polar surface area (TPSA) is 128 Å². The minimum Gasteiger partial charge on any atom is -0.366 e. The van der Waals surface area contributed by atoms with E-state index in [1.165, 1.54) is 16.4 Å². The van der Waals surface area contributed by atoms with Crippen molar-refractivity contribution in [2.45, 2.75) is 11.0 Å². The molecule has 1 atom stereocenters. The number of imidazole rings is 1. The maximum Gasteiger partial charge on any atom is 0.323 e. The molecule has 11 heteroatoms. The minimum atomic E-state index is -3.70. The van der Waals surface area contributed by atoms with Crippen LogP contribution in [0.1, 0.15) is 0 Å². The normalized spacial score (nSPS) is 22.2. The molecule has 1 aromatic carbocycles. The zero-order chi connectivity index (χ0) is 19.0. The van der Waals surface area contributed by atoms with Crippen LogP contribution >= 0.6 is 0 Å². The van der Waals surface area contributed by atoms with Crippen LogP contribution in [0.5, 0.6) is 0 Å². The van der Waals surface area contributed by atoms with E-state index in [-0.39, 0.29) is 29.6 Å². The fraction of sp³-hybridized carbons (Fsp3) is 0.500. The lowest BCUT2D eigenvalue weighted by molar-refractivity contribution is -0.146. The molecule has 0 radical (unpaired) electrons. The molecular weight excluding hydrogens is 374 g/mol. The van der Waals surface area contributed by atoms with Gasteiger partial charge >= 0.3 is 5.69 Å². The molecule has 3 N–H and O–H groups in total. The van der Waals surface area contributed by atoms with Gasteiger partial charge in [0.15, 0.2) is 0 Å². The largest absolute Gasteiger partial charge is 0.366 e. The summed E-state index contributed by atoms with van der Waals surface area (Å²) in [4.78, 5) is 30.8. The first-order valence-corrected chi connectivity index (χ1v) is 10.2. The number of morpholine rings is 1. The average molecular weight is 395 g/mol. The minimum absolute atomic E-state index is 0.106. The Kier molecular flexibility index (Phi) is 4.76. The third-order valence-electron chi connectivity index (χ3n) is 4.88. The number of benzene rings is 1. The van der Waals surface area contributed by atoms with E-state index < -0.39 is 16.1 Å². The van der Waals surface area contributed by atoms with Crippen LogP contribution in [0.3, 0.4) is 0 Å². The van der Waals surface area contributed by atoms with E-state index in [1.807, 2.05) is 0 Å². The van der Waals surface area contributed by atoms with Gasteiger partial charge in [0.2, 0.25) is 10.0 Å². The first-order chi connectivity index (χ1) is 12.9. The summed E-state index contributed by atoms with van der Waals surface area (Å²) >= 11 is 0. The van der Waals surface area contributed by atoms with Crippen molar-refractivity contribution in [1.29, 1.82) is 0 Å². The molecule has 10 nitrogen and oxygen atoms in total. The molecule has 1 aromatic heterocycles. The quantitative estimate of drug-likeness (QED) is 0.591. The first-order valence-electron chi connectivity index (χ1n) is 8.78. The Morgan fingerprint density at radius 3 is 2.56 bits per heavy atom. The van der Waals surface area contributed by atoms with Gasteiger partial charge < -0.3 is 24.9 Å². The number of rotatable bonds is 3. The molecule has 0 spiro atoms. The number of piperazine rings is 1. The van der Waals surface area contributed by atoms with E-state index in [1.54, 1.807) is 11.0 Å². The van der Waals surface area contributed by atoms with Crippen molar-refractivity contribution in [3.05, 3.63) is 28.7 Å². The number of hydrogen-bond acceptors (Lipinski definition) is 6. The van der Waals surface area contributed by atoms with Gasteiger partial charge in [0.1, 0.15) is 6.10 Å².